The van der Waals surface area contributed by atoms with Gasteiger partial charge in [0.15, 0.2) is 0 Å². The molecule has 198 valence electrons. The molecule has 1 saturated carbocycles. The molecule has 6 heteroatoms. The fourth-order valence-corrected chi connectivity index (χ4v) is 6.13. The lowest BCUT2D eigenvalue weighted by Crippen LogP contribution is -2.53. The van der Waals surface area contributed by atoms with Crippen molar-refractivity contribution in [2.45, 2.75) is 77.4 Å². The second kappa shape index (κ2) is 11.7. The van der Waals surface area contributed by atoms with Gasteiger partial charge >= 0.3 is 0 Å². The summed E-state index contributed by atoms with van der Waals surface area (Å²) in [7, 11) is 0. The van der Waals surface area contributed by atoms with E-state index < -0.39 is 0 Å². The monoisotopic (exact) mass is 503 g/mol. The quantitative estimate of drug-likeness (QED) is 0.554. The number of piperidine rings is 1. The molecule has 0 aromatic heterocycles. The van der Waals surface area contributed by atoms with Gasteiger partial charge in [0.05, 0.1) is 13.0 Å². The molecule has 2 unspecified atom stereocenters. The van der Waals surface area contributed by atoms with E-state index in [1.165, 1.54) is 25.7 Å². The molecule has 2 fully saturated rings. The molecule has 2 heterocycles. The van der Waals surface area contributed by atoms with E-state index >= 15 is 0 Å². The Hall–Kier alpha value is -2.86. The summed E-state index contributed by atoms with van der Waals surface area (Å²) >= 11 is 0. The summed E-state index contributed by atoms with van der Waals surface area (Å²) in [6, 6.07) is 16.9. The number of ether oxygens (including phenoxy) is 1. The third kappa shape index (κ3) is 6.35. The van der Waals surface area contributed by atoms with Crippen molar-refractivity contribution in [1.82, 2.24) is 9.80 Å². The molecule has 0 radical (unpaired) electrons. The van der Waals surface area contributed by atoms with Crippen LogP contribution in [0.4, 0.5) is 5.69 Å². The summed E-state index contributed by atoms with van der Waals surface area (Å²) in [4.78, 5) is 33.4. The van der Waals surface area contributed by atoms with E-state index in [4.69, 9.17) is 4.74 Å². The zero-order chi connectivity index (χ0) is 25.8. The largest absolute Gasteiger partial charge is 0.494 e. The molecule has 2 bridgehead atoms. The van der Waals surface area contributed by atoms with Gasteiger partial charge < -0.3 is 14.5 Å². The van der Waals surface area contributed by atoms with Crippen molar-refractivity contribution in [2.24, 2.45) is 5.92 Å². The lowest BCUT2D eigenvalue weighted by molar-refractivity contribution is -0.132. The zero-order valence-electron chi connectivity index (χ0n) is 22.4. The molecule has 3 aliphatic rings. The number of hydrogen-bond donors (Lipinski definition) is 0. The Labute approximate surface area is 221 Å². The summed E-state index contributed by atoms with van der Waals surface area (Å²) < 4.78 is 5.58. The minimum atomic E-state index is 0.0695. The van der Waals surface area contributed by atoms with Gasteiger partial charge in [-0.05, 0) is 74.3 Å². The maximum Gasteiger partial charge on any atom is 0.227 e. The minimum absolute atomic E-state index is 0.0695. The highest BCUT2D eigenvalue weighted by Gasteiger charge is 2.37. The zero-order valence-corrected chi connectivity index (χ0v) is 22.4. The number of anilines is 1. The number of carbonyl (C=O) groups excluding carboxylic acids is 2. The molecule has 2 aliphatic heterocycles. The predicted octanol–water partition coefficient (Wildman–Crippen LogP) is 5.05. The number of rotatable bonds is 6. The summed E-state index contributed by atoms with van der Waals surface area (Å²) in [6.45, 7) is 7.38. The van der Waals surface area contributed by atoms with E-state index in [9.17, 15) is 9.59 Å². The summed E-state index contributed by atoms with van der Waals surface area (Å²) in [6.07, 6.45) is 7.49. The fraction of sp³-hybridized carbons (Fsp3) is 0.548. The summed E-state index contributed by atoms with van der Waals surface area (Å²) in [5.74, 6) is 1.83. The first kappa shape index (κ1) is 25.8. The van der Waals surface area contributed by atoms with Crippen LogP contribution in [0.25, 0.3) is 0 Å². The first-order valence-electron chi connectivity index (χ1n) is 14.1. The van der Waals surface area contributed by atoms with Gasteiger partial charge in [-0.3, -0.25) is 14.5 Å². The molecule has 2 amide bonds. The predicted molar refractivity (Wildman–Crippen MR) is 147 cm³/mol. The Kier molecular flexibility index (Phi) is 8.14. The van der Waals surface area contributed by atoms with E-state index in [1.807, 2.05) is 54.3 Å². The van der Waals surface area contributed by atoms with E-state index in [0.29, 0.717) is 31.7 Å². The normalized spacial score (nSPS) is 22.6. The highest BCUT2D eigenvalue weighted by molar-refractivity contribution is 5.92. The van der Waals surface area contributed by atoms with Crippen molar-refractivity contribution in [3.05, 3.63) is 59.7 Å². The molecule has 1 saturated heterocycles. The fourth-order valence-electron chi connectivity index (χ4n) is 6.13. The lowest BCUT2D eigenvalue weighted by atomic mass is 9.92. The average Bonchev–Trinajstić information content (AvgIpc) is 3.71. The van der Waals surface area contributed by atoms with Gasteiger partial charge in [0, 0.05) is 50.9 Å². The van der Waals surface area contributed by atoms with Crippen LogP contribution >= 0.6 is 0 Å². The third-order valence-electron chi connectivity index (χ3n) is 8.26. The molecule has 2 atom stereocenters. The van der Waals surface area contributed by atoms with Crippen molar-refractivity contribution < 1.29 is 14.3 Å². The Balaban J connectivity index is 1.45. The van der Waals surface area contributed by atoms with Crippen molar-refractivity contribution >= 4 is 17.5 Å². The third-order valence-corrected chi connectivity index (χ3v) is 8.26. The second-order valence-corrected chi connectivity index (χ2v) is 11.0. The number of carbonyl (C=O) groups is 2. The molecule has 2 aromatic rings. The van der Waals surface area contributed by atoms with Crippen LogP contribution in [0.2, 0.25) is 0 Å². The van der Waals surface area contributed by atoms with Crippen molar-refractivity contribution in [3.63, 3.8) is 0 Å². The first-order chi connectivity index (χ1) is 18.0. The standard InChI is InChI=1S/C31H41N3O3/c1-3-37-29-15-13-24(14-16-29)19-31(36)32-21-26-7-4-5-10-30(26)33(23(2)35)18-17-27-8-6-9-28(22-32)34(27)20-25-11-12-25/h4-5,7,10,13-16,25,27-28H,3,6,8-9,11-12,17-22H2,1-2H3. The second-order valence-electron chi connectivity index (χ2n) is 11.0. The van der Waals surface area contributed by atoms with Crippen molar-refractivity contribution in [2.75, 3.05) is 31.1 Å². The Morgan fingerprint density at radius 3 is 2.43 bits per heavy atom. The molecule has 1 aliphatic carbocycles. The lowest BCUT2D eigenvalue weighted by Gasteiger charge is -2.44. The summed E-state index contributed by atoms with van der Waals surface area (Å²) in [5, 5.41) is 0. The smallest absolute Gasteiger partial charge is 0.227 e. The van der Waals surface area contributed by atoms with Gasteiger partial charge in [-0.1, -0.05) is 36.8 Å². The number of para-hydroxylation sites is 1. The van der Waals surface area contributed by atoms with Crippen molar-refractivity contribution in [1.29, 1.82) is 0 Å². The van der Waals surface area contributed by atoms with E-state index in [-0.39, 0.29) is 11.8 Å². The maximum absolute atomic E-state index is 13.9. The van der Waals surface area contributed by atoms with E-state index in [1.54, 1.807) is 6.92 Å². The first-order valence-corrected chi connectivity index (χ1v) is 14.1. The Morgan fingerprint density at radius 2 is 1.70 bits per heavy atom. The van der Waals surface area contributed by atoms with Gasteiger partial charge in [-0.2, -0.15) is 0 Å². The minimum Gasteiger partial charge on any atom is -0.494 e. The Morgan fingerprint density at radius 1 is 0.946 bits per heavy atom. The number of fused-ring (bicyclic) bond motifs is 3. The highest BCUT2D eigenvalue weighted by Crippen LogP contribution is 2.36. The van der Waals surface area contributed by atoms with Crippen LogP contribution in [-0.4, -0.2) is 59.9 Å². The molecule has 0 N–H and O–H groups in total. The Bertz CT molecular complexity index is 1080. The van der Waals surface area contributed by atoms with Gasteiger partial charge in [-0.15, -0.1) is 0 Å². The molecular formula is C31H41N3O3. The number of nitrogens with zero attached hydrogens (tertiary/aromatic N) is 3. The molecule has 37 heavy (non-hydrogen) atoms. The highest BCUT2D eigenvalue weighted by atomic mass is 16.5. The average molecular weight is 504 g/mol. The molecule has 6 nitrogen and oxygen atoms in total. The molecular weight excluding hydrogens is 462 g/mol. The molecule has 2 aromatic carbocycles. The van der Waals surface area contributed by atoms with Gasteiger partial charge in [0.1, 0.15) is 5.75 Å². The summed E-state index contributed by atoms with van der Waals surface area (Å²) in [5.41, 5.74) is 2.99. The van der Waals surface area contributed by atoms with Crippen LogP contribution < -0.4 is 9.64 Å². The van der Waals surface area contributed by atoms with Crippen LogP contribution in [0.15, 0.2) is 48.5 Å². The van der Waals surface area contributed by atoms with Gasteiger partial charge in [-0.25, -0.2) is 0 Å². The number of benzene rings is 2. The SMILES string of the molecule is CCOc1ccc(CC(=O)N2Cc3ccccc3N(C(C)=O)CCC3CCCC(C2)N3CC2CC2)cc1. The maximum atomic E-state index is 13.9. The van der Waals surface area contributed by atoms with Crippen LogP contribution in [0.5, 0.6) is 5.75 Å². The number of amides is 2. The molecule has 0 spiro atoms. The van der Waals surface area contributed by atoms with Crippen molar-refractivity contribution in [3.8, 4) is 5.75 Å². The van der Waals surface area contributed by atoms with E-state index in [2.05, 4.69) is 15.9 Å². The van der Waals surface area contributed by atoms with Gasteiger partial charge in [0.2, 0.25) is 11.8 Å². The van der Waals surface area contributed by atoms with Crippen LogP contribution in [-0.2, 0) is 22.6 Å². The van der Waals surface area contributed by atoms with Gasteiger partial charge in [0.25, 0.3) is 0 Å². The van der Waals surface area contributed by atoms with Crippen LogP contribution in [0.1, 0.15) is 63.5 Å². The van der Waals surface area contributed by atoms with E-state index in [0.717, 1.165) is 61.0 Å². The number of hydrogen-bond acceptors (Lipinski definition) is 4. The van der Waals surface area contributed by atoms with Crippen LogP contribution in [0, 0.1) is 5.92 Å². The van der Waals surface area contributed by atoms with Crippen LogP contribution in [0.3, 0.4) is 0 Å². The topological polar surface area (TPSA) is 53.1 Å². The molecule has 5 rings (SSSR count).